The zero-order valence-corrected chi connectivity index (χ0v) is 13.2. The van der Waals surface area contributed by atoms with E-state index in [1.165, 1.54) is 25.3 Å². The van der Waals surface area contributed by atoms with Crippen molar-refractivity contribution in [1.29, 1.82) is 0 Å². The third-order valence-electron chi connectivity index (χ3n) is 4.46. The summed E-state index contributed by atoms with van der Waals surface area (Å²) < 4.78 is 7.44. The van der Waals surface area contributed by atoms with Gasteiger partial charge in [0, 0.05) is 12.7 Å². The van der Waals surface area contributed by atoms with Gasteiger partial charge < -0.3 is 8.82 Å². The highest BCUT2D eigenvalue weighted by atomic mass is 16.6. The minimum Gasteiger partial charge on any atom is -0.399 e. The molecule has 0 spiro atoms. The van der Waals surface area contributed by atoms with Gasteiger partial charge in [0.25, 0.3) is 0 Å². The van der Waals surface area contributed by atoms with Gasteiger partial charge in [0.15, 0.2) is 5.76 Å². The van der Waals surface area contributed by atoms with Crippen LogP contribution in [0.3, 0.4) is 0 Å². The van der Waals surface area contributed by atoms with Crippen molar-refractivity contribution in [2.24, 2.45) is 0 Å². The standard InChI is InChI=1S/C17H18N4O3/c22-21(23)16-8-7-14(24-16)17-13(12-19-9-3-1-4-10-19)20-11-5-2-6-15(20)18-17/h2,5-8,11H,1,3-4,9-10,12H2. The van der Waals surface area contributed by atoms with Crippen molar-refractivity contribution in [3.05, 3.63) is 52.3 Å². The van der Waals surface area contributed by atoms with Gasteiger partial charge in [0.05, 0.1) is 11.8 Å². The number of furan rings is 1. The topological polar surface area (TPSA) is 76.8 Å². The molecule has 7 nitrogen and oxygen atoms in total. The Hall–Kier alpha value is -2.67. The molecule has 124 valence electrons. The molecule has 4 heterocycles. The fourth-order valence-corrected chi connectivity index (χ4v) is 3.28. The molecule has 24 heavy (non-hydrogen) atoms. The van der Waals surface area contributed by atoms with E-state index in [2.05, 4.69) is 9.88 Å². The van der Waals surface area contributed by atoms with Gasteiger partial charge in [-0.25, -0.2) is 4.98 Å². The number of hydrogen-bond donors (Lipinski definition) is 0. The van der Waals surface area contributed by atoms with Crippen molar-refractivity contribution in [3.63, 3.8) is 0 Å². The van der Waals surface area contributed by atoms with E-state index >= 15 is 0 Å². The molecule has 3 aromatic heterocycles. The summed E-state index contributed by atoms with van der Waals surface area (Å²) in [5.41, 5.74) is 2.51. The number of aromatic nitrogens is 2. The average Bonchev–Trinajstić information content (AvgIpc) is 3.21. The maximum atomic E-state index is 10.9. The first-order valence-electron chi connectivity index (χ1n) is 8.15. The van der Waals surface area contributed by atoms with Gasteiger partial charge in [-0.15, -0.1) is 0 Å². The van der Waals surface area contributed by atoms with Crippen LogP contribution in [0.1, 0.15) is 25.0 Å². The highest BCUT2D eigenvalue weighted by molar-refractivity contribution is 5.63. The molecule has 0 amide bonds. The predicted molar refractivity (Wildman–Crippen MR) is 88.7 cm³/mol. The molecule has 0 aliphatic carbocycles. The first-order chi connectivity index (χ1) is 11.7. The number of imidazole rings is 1. The molecule has 0 saturated carbocycles. The highest BCUT2D eigenvalue weighted by Crippen LogP contribution is 2.30. The number of likely N-dealkylation sites (tertiary alicyclic amines) is 1. The molecule has 1 aliphatic rings. The second kappa shape index (κ2) is 6.09. The summed E-state index contributed by atoms with van der Waals surface area (Å²) in [4.78, 5) is 17.4. The summed E-state index contributed by atoms with van der Waals surface area (Å²) in [5.74, 6) is 0.184. The van der Waals surface area contributed by atoms with Crippen LogP contribution in [0.25, 0.3) is 17.1 Å². The lowest BCUT2D eigenvalue weighted by Gasteiger charge is -2.26. The average molecular weight is 326 g/mol. The Morgan fingerprint density at radius 3 is 2.75 bits per heavy atom. The number of nitrogens with zero attached hydrogens (tertiary/aromatic N) is 4. The number of rotatable bonds is 4. The Kier molecular flexibility index (Phi) is 3.78. The van der Waals surface area contributed by atoms with E-state index < -0.39 is 4.92 Å². The summed E-state index contributed by atoms with van der Waals surface area (Å²) in [6.07, 6.45) is 5.67. The Morgan fingerprint density at radius 1 is 1.17 bits per heavy atom. The predicted octanol–water partition coefficient (Wildman–Crippen LogP) is 3.49. The van der Waals surface area contributed by atoms with Crippen molar-refractivity contribution in [2.75, 3.05) is 13.1 Å². The van der Waals surface area contributed by atoms with Crippen LogP contribution in [-0.2, 0) is 6.54 Å². The molecular weight excluding hydrogens is 308 g/mol. The van der Waals surface area contributed by atoms with Gasteiger partial charge in [-0.2, -0.15) is 0 Å². The molecule has 1 saturated heterocycles. The van der Waals surface area contributed by atoms with Crippen LogP contribution in [0.5, 0.6) is 0 Å². The molecule has 0 N–H and O–H groups in total. The third-order valence-corrected chi connectivity index (χ3v) is 4.46. The molecule has 0 bridgehead atoms. The van der Waals surface area contributed by atoms with Crippen molar-refractivity contribution < 1.29 is 9.34 Å². The van der Waals surface area contributed by atoms with Crippen molar-refractivity contribution >= 4 is 11.5 Å². The van der Waals surface area contributed by atoms with Crippen LogP contribution < -0.4 is 0 Å². The van der Waals surface area contributed by atoms with Gasteiger partial charge in [0.1, 0.15) is 16.3 Å². The zero-order chi connectivity index (χ0) is 16.5. The molecule has 0 atom stereocenters. The molecule has 4 rings (SSSR count). The molecule has 0 radical (unpaired) electrons. The number of piperidine rings is 1. The van der Waals surface area contributed by atoms with E-state index in [9.17, 15) is 10.1 Å². The summed E-state index contributed by atoms with van der Waals surface area (Å²) in [7, 11) is 0. The van der Waals surface area contributed by atoms with Crippen LogP contribution in [-0.4, -0.2) is 32.3 Å². The van der Waals surface area contributed by atoms with Gasteiger partial charge in [-0.3, -0.25) is 15.0 Å². The molecular formula is C17H18N4O3. The smallest absolute Gasteiger partial charge is 0.399 e. The highest BCUT2D eigenvalue weighted by Gasteiger charge is 2.22. The van der Waals surface area contributed by atoms with Gasteiger partial charge in [-0.05, 0) is 44.1 Å². The van der Waals surface area contributed by atoms with Crippen molar-refractivity contribution in [2.45, 2.75) is 25.8 Å². The monoisotopic (exact) mass is 326 g/mol. The number of pyridine rings is 1. The lowest BCUT2D eigenvalue weighted by Crippen LogP contribution is -2.29. The van der Waals surface area contributed by atoms with Gasteiger partial charge >= 0.3 is 5.88 Å². The second-order valence-corrected chi connectivity index (χ2v) is 6.07. The van der Waals surface area contributed by atoms with Crippen LogP contribution in [0.15, 0.2) is 40.9 Å². The summed E-state index contributed by atoms with van der Waals surface area (Å²) in [6, 6.07) is 8.83. The SMILES string of the molecule is O=[N+]([O-])c1ccc(-c2nc3ccccn3c2CN2CCCCC2)o1. The van der Waals surface area contributed by atoms with Gasteiger partial charge in [0.2, 0.25) is 0 Å². The van der Waals surface area contributed by atoms with Crippen molar-refractivity contribution in [3.8, 4) is 11.5 Å². The van der Waals surface area contributed by atoms with Crippen LogP contribution in [0.2, 0.25) is 0 Å². The summed E-state index contributed by atoms with van der Waals surface area (Å²) in [6.45, 7) is 2.89. The normalized spacial score (nSPS) is 15.8. The lowest BCUT2D eigenvalue weighted by atomic mass is 10.1. The number of nitro groups is 1. The summed E-state index contributed by atoms with van der Waals surface area (Å²) in [5, 5.41) is 10.9. The molecule has 1 fully saturated rings. The molecule has 7 heteroatoms. The zero-order valence-electron chi connectivity index (χ0n) is 13.2. The Labute approximate surface area is 138 Å². The van der Waals surface area contributed by atoms with Crippen LogP contribution in [0, 0.1) is 10.1 Å². The van der Waals surface area contributed by atoms with E-state index in [1.807, 2.05) is 28.8 Å². The Morgan fingerprint density at radius 2 is 2.00 bits per heavy atom. The fraction of sp³-hybridized carbons (Fsp3) is 0.353. The van der Waals surface area contributed by atoms with Crippen LogP contribution in [0.4, 0.5) is 5.88 Å². The van der Waals surface area contributed by atoms with E-state index in [4.69, 9.17) is 4.42 Å². The van der Waals surface area contributed by atoms with E-state index in [0.29, 0.717) is 11.5 Å². The maximum absolute atomic E-state index is 10.9. The minimum absolute atomic E-state index is 0.258. The van der Waals surface area contributed by atoms with E-state index in [1.54, 1.807) is 6.07 Å². The number of hydrogen-bond acceptors (Lipinski definition) is 5. The summed E-state index contributed by atoms with van der Waals surface area (Å²) >= 11 is 0. The Bertz CT molecular complexity index is 877. The van der Waals surface area contributed by atoms with E-state index in [-0.39, 0.29) is 5.88 Å². The largest absolute Gasteiger partial charge is 0.433 e. The van der Waals surface area contributed by atoms with E-state index in [0.717, 1.165) is 31.0 Å². The Balaban J connectivity index is 1.78. The minimum atomic E-state index is -0.524. The first kappa shape index (κ1) is 14.9. The molecule has 0 aromatic carbocycles. The molecule has 3 aromatic rings. The van der Waals surface area contributed by atoms with Crippen molar-refractivity contribution in [1.82, 2.24) is 14.3 Å². The first-order valence-corrected chi connectivity index (χ1v) is 8.15. The lowest BCUT2D eigenvalue weighted by molar-refractivity contribution is -0.401. The third kappa shape index (κ3) is 2.67. The quantitative estimate of drug-likeness (QED) is 0.542. The van der Waals surface area contributed by atoms with Gasteiger partial charge in [-0.1, -0.05) is 12.5 Å². The molecule has 0 unspecified atom stereocenters. The van der Waals surface area contributed by atoms with Crippen LogP contribution >= 0.6 is 0 Å². The second-order valence-electron chi connectivity index (χ2n) is 6.07. The fourth-order valence-electron chi connectivity index (χ4n) is 3.28. The molecule has 1 aliphatic heterocycles. The maximum Gasteiger partial charge on any atom is 0.433 e. The number of fused-ring (bicyclic) bond motifs is 1.